The number of nitrogens with one attached hydrogen (secondary N) is 2. The van der Waals surface area contributed by atoms with Gasteiger partial charge in [-0.1, -0.05) is 12.1 Å². The van der Waals surface area contributed by atoms with Crippen molar-refractivity contribution in [2.45, 2.75) is 18.9 Å². The molecule has 116 valence electrons. The predicted molar refractivity (Wildman–Crippen MR) is 82.2 cm³/mol. The molecule has 0 saturated heterocycles. The number of rotatable bonds is 6. The van der Waals surface area contributed by atoms with E-state index in [2.05, 4.69) is 10.6 Å². The van der Waals surface area contributed by atoms with Crippen LogP contribution < -0.4 is 20.1 Å². The van der Waals surface area contributed by atoms with Crippen LogP contribution in [0.1, 0.15) is 12.8 Å². The van der Waals surface area contributed by atoms with Crippen LogP contribution in [0.15, 0.2) is 24.3 Å². The van der Waals surface area contributed by atoms with E-state index in [4.69, 9.17) is 9.47 Å². The first kappa shape index (κ1) is 15.9. The summed E-state index contributed by atoms with van der Waals surface area (Å²) in [5.74, 6) is 2.30. The molecule has 0 radical (unpaired) electrons. The third-order valence-corrected chi connectivity index (χ3v) is 3.51. The fourth-order valence-electron chi connectivity index (χ4n) is 2.17. The van der Waals surface area contributed by atoms with Crippen LogP contribution in [0.3, 0.4) is 0 Å². The molecule has 0 aromatic heterocycles. The first-order chi connectivity index (χ1) is 9.81. The SMILES string of the molecule is Cl.O=C(CNCC1CC1)NCC1COc2ccccc2O1. The molecule has 2 aliphatic rings. The fraction of sp³-hybridized carbons (Fsp3) is 0.533. The second-order valence-electron chi connectivity index (χ2n) is 5.38. The highest BCUT2D eigenvalue weighted by Gasteiger charge is 2.22. The zero-order valence-corrected chi connectivity index (χ0v) is 12.7. The minimum absolute atomic E-state index is 0. The lowest BCUT2D eigenvalue weighted by molar-refractivity contribution is -0.120. The normalized spacial score (nSPS) is 19.5. The highest BCUT2D eigenvalue weighted by Crippen LogP contribution is 2.30. The van der Waals surface area contributed by atoms with Gasteiger partial charge in [0.2, 0.25) is 5.91 Å². The molecule has 1 aromatic carbocycles. The molecule has 1 aliphatic carbocycles. The van der Waals surface area contributed by atoms with Crippen molar-refractivity contribution in [3.8, 4) is 11.5 Å². The summed E-state index contributed by atoms with van der Waals surface area (Å²) < 4.78 is 11.4. The summed E-state index contributed by atoms with van der Waals surface area (Å²) in [6.07, 6.45) is 2.46. The molecule has 0 spiro atoms. The van der Waals surface area contributed by atoms with Gasteiger partial charge in [0.15, 0.2) is 11.5 Å². The van der Waals surface area contributed by atoms with E-state index in [-0.39, 0.29) is 24.4 Å². The molecule has 1 unspecified atom stereocenters. The number of benzene rings is 1. The van der Waals surface area contributed by atoms with Gasteiger partial charge in [-0.05, 0) is 37.4 Å². The Bertz CT molecular complexity index is 480. The van der Waals surface area contributed by atoms with E-state index >= 15 is 0 Å². The first-order valence-corrected chi connectivity index (χ1v) is 7.17. The van der Waals surface area contributed by atoms with E-state index in [1.165, 1.54) is 12.8 Å². The lowest BCUT2D eigenvalue weighted by Crippen LogP contribution is -2.43. The Labute approximate surface area is 130 Å². The van der Waals surface area contributed by atoms with Crippen LogP contribution in [0.4, 0.5) is 0 Å². The van der Waals surface area contributed by atoms with E-state index in [1.807, 2.05) is 24.3 Å². The minimum Gasteiger partial charge on any atom is -0.486 e. The maximum atomic E-state index is 11.7. The summed E-state index contributed by atoms with van der Waals surface area (Å²) in [5.41, 5.74) is 0. The standard InChI is InChI=1S/C15H20N2O3.ClH/c18-15(9-16-7-11-5-6-11)17-8-12-10-19-13-3-1-2-4-14(13)20-12;/h1-4,11-12,16H,5-10H2,(H,17,18);1H. The van der Waals surface area contributed by atoms with Gasteiger partial charge in [0.25, 0.3) is 0 Å². The van der Waals surface area contributed by atoms with Crippen LogP contribution in [-0.2, 0) is 4.79 Å². The van der Waals surface area contributed by atoms with E-state index in [1.54, 1.807) is 0 Å². The van der Waals surface area contributed by atoms with Gasteiger partial charge in [0.1, 0.15) is 12.7 Å². The molecule has 5 nitrogen and oxygen atoms in total. The second kappa shape index (κ2) is 7.52. The van der Waals surface area contributed by atoms with Gasteiger partial charge in [-0.25, -0.2) is 0 Å². The monoisotopic (exact) mass is 312 g/mol. The van der Waals surface area contributed by atoms with Crippen molar-refractivity contribution in [3.05, 3.63) is 24.3 Å². The Morgan fingerprint density at radius 2 is 1.95 bits per heavy atom. The molecule has 1 aliphatic heterocycles. The third kappa shape index (κ3) is 4.79. The van der Waals surface area contributed by atoms with Crippen molar-refractivity contribution in [1.82, 2.24) is 10.6 Å². The van der Waals surface area contributed by atoms with Crippen LogP contribution in [0.25, 0.3) is 0 Å². The van der Waals surface area contributed by atoms with Gasteiger partial charge >= 0.3 is 0 Å². The zero-order chi connectivity index (χ0) is 13.8. The van der Waals surface area contributed by atoms with Crippen LogP contribution in [-0.4, -0.2) is 38.3 Å². The molecular weight excluding hydrogens is 292 g/mol. The molecule has 1 saturated carbocycles. The topological polar surface area (TPSA) is 59.6 Å². The molecule has 3 rings (SSSR count). The Morgan fingerprint density at radius 3 is 2.71 bits per heavy atom. The summed E-state index contributed by atoms with van der Waals surface area (Å²) in [5, 5.41) is 6.04. The van der Waals surface area contributed by atoms with E-state index < -0.39 is 0 Å². The lowest BCUT2D eigenvalue weighted by atomic mass is 10.2. The molecule has 1 heterocycles. The van der Waals surface area contributed by atoms with Crippen molar-refractivity contribution < 1.29 is 14.3 Å². The predicted octanol–water partition coefficient (Wildman–Crippen LogP) is 1.36. The van der Waals surface area contributed by atoms with Crippen molar-refractivity contribution in [2.24, 2.45) is 5.92 Å². The second-order valence-corrected chi connectivity index (χ2v) is 5.38. The molecule has 21 heavy (non-hydrogen) atoms. The molecular formula is C15H21ClN2O3. The smallest absolute Gasteiger partial charge is 0.234 e. The molecule has 0 bridgehead atoms. The van der Waals surface area contributed by atoms with Crippen molar-refractivity contribution in [2.75, 3.05) is 26.2 Å². The molecule has 1 fully saturated rings. The lowest BCUT2D eigenvalue weighted by Gasteiger charge is -2.26. The Balaban J connectivity index is 0.00000161. The van der Waals surface area contributed by atoms with Gasteiger partial charge in [0, 0.05) is 0 Å². The van der Waals surface area contributed by atoms with E-state index in [0.717, 1.165) is 24.0 Å². The van der Waals surface area contributed by atoms with Crippen LogP contribution in [0.5, 0.6) is 11.5 Å². The number of amides is 1. The van der Waals surface area contributed by atoms with Crippen molar-refractivity contribution >= 4 is 18.3 Å². The number of ether oxygens (including phenoxy) is 2. The summed E-state index contributed by atoms with van der Waals surface area (Å²) in [4.78, 5) is 11.7. The highest BCUT2D eigenvalue weighted by atomic mass is 35.5. The molecule has 1 amide bonds. The van der Waals surface area contributed by atoms with Gasteiger partial charge in [-0.2, -0.15) is 0 Å². The fourth-order valence-corrected chi connectivity index (χ4v) is 2.17. The van der Waals surface area contributed by atoms with Crippen LogP contribution in [0.2, 0.25) is 0 Å². The highest BCUT2D eigenvalue weighted by molar-refractivity contribution is 5.85. The maximum Gasteiger partial charge on any atom is 0.234 e. The van der Waals surface area contributed by atoms with E-state index in [9.17, 15) is 4.79 Å². The number of hydrogen-bond donors (Lipinski definition) is 2. The third-order valence-electron chi connectivity index (χ3n) is 3.51. The largest absolute Gasteiger partial charge is 0.486 e. The van der Waals surface area contributed by atoms with Crippen LogP contribution in [0, 0.1) is 5.92 Å². The summed E-state index contributed by atoms with van der Waals surface area (Å²) >= 11 is 0. The van der Waals surface area contributed by atoms with Crippen LogP contribution >= 0.6 is 12.4 Å². The number of para-hydroxylation sites is 2. The average molecular weight is 313 g/mol. The van der Waals surface area contributed by atoms with Crippen molar-refractivity contribution in [1.29, 1.82) is 0 Å². The van der Waals surface area contributed by atoms with Gasteiger partial charge < -0.3 is 20.1 Å². The van der Waals surface area contributed by atoms with E-state index in [0.29, 0.717) is 19.7 Å². The number of carbonyl (C=O) groups is 1. The molecule has 2 N–H and O–H groups in total. The molecule has 6 heteroatoms. The molecule has 1 atom stereocenters. The summed E-state index contributed by atoms with van der Waals surface area (Å²) in [6.45, 7) is 2.26. The molecule has 1 aromatic rings. The maximum absolute atomic E-state index is 11.7. The number of fused-ring (bicyclic) bond motifs is 1. The van der Waals surface area contributed by atoms with Gasteiger partial charge in [-0.15, -0.1) is 12.4 Å². The number of hydrogen-bond acceptors (Lipinski definition) is 4. The Hall–Kier alpha value is -1.46. The summed E-state index contributed by atoms with van der Waals surface area (Å²) in [7, 11) is 0. The van der Waals surface area contributed by atoms with Gasteiger partial charge in [0.05, 0.1) is 13.1 Å². The quantitative estimate of drug-likeness (QED) is 0.833. The summed E-state index contributed by atoms with van der Waals surface area (Å²) in [6, 6.07) is 7.58. The first-order valence-electron chi connectivity index (χ1n) is 7.17. The average Bonchev–Trinajstić information content (AvgIpc) is 3.29. The number of halogens is 1. The Morgan fingerprint density at radius 1 is 1.19 bits per heavy atom. The van der Waals surface area contributed by atoms with Gasteiger partial charge in [-0.3, -0.25) is 4.79 Å². The minimum atomic E-state index is -0.128. The zero-order valence-electron chi connectivity index (χ0n) is 11.8. The number of carbonyl (C=O) groups excluding carboxylic acids is 1. The van der Waals surface area contributed by atoms with Crippen molar-refractivity contribution in [3.63, 3.8) is 0 Å². The Kier molecular flexibility index (Phi) is 5.70.